The maximum atomic E-state index is 6.12. The molecule has 0 amide bonds. The molecule has 4 nitrogen and oxygen atoms in total. The zero-order valence-electron chi connectivity index (χ0n) is 10.1. The molecule has 2 N–H and O–H groups in total. The second-order valence-corrected chi connectivity index (χ2v) is 4.71. The van der Waals surface area contributed by atoms with Crippen LogP contribution in [-0.2, 0) is 4.74 Å². The minimum atomic E-state index is -0.0181. The zero-order valence-corrected chi connectivity index (χ0v) is 10.1. The monoisotopic (exact) mass is 233 g/mol. The number of hydrogen-bond donors (Lipinski definition) is 2. The highest BCUT2D eigenvalue weighted by molar-refractivity contribution is 5.74. The Bertz CT molecular complexity index is 390. The van der Waals surface area contributed by atoms with Gasteiger partial charge in [-0.1, -0.05) is 12.1 Å². The van der Waals surface area contributed by atoms with Crippen LogP contribution in [0.3, 0.4) is 0 Å². The van der Waals surface area contributed by atoms with Crippen LogP contribution < -0.4 is 15.5 Å². The predicted molar refractivity (Wildman–Crippen MR) is 69.2 cm³/mol. The lowest BCUT2D eigenvalue weighted by atomic mass is 10.1. The maximum Gasteiger partial charge on any atom is 0.208 e. The molecule has 2 aliphatic heterocycles. The smallest absolute Gasteiger partial charge is 0.208 e. The van der Waals surface area contributed by atoms with Crippen molar-refractivity contribution in [3.05, 3.63) is 24.3 Å². The van der Waals surface area contributed by atoms with E-state index in [1.54, 1.807) is 0 Å². The third-order valence-corrected chi connectivity index (χ3v) is 3.52. The zero-order chi connectivity index (χ0) is 11.7. The molecule has 0 bridgehead atoms. The topological polar surface area (TPSA) is 36.5 Å². The van der Waals surface area contributed by atoms with Gasteiger partial charge >= 0.3 is 0 Å². The fourth-order valence-corrected chi connectivity index (χ4v) is 2.50. The van der Waals surface area contributed by atoms with Crippen LogP contribution in [0.4, 0.5) is 11.4 Å². The second kappa shape index (κ2) is 4.55. The summed E-state index contributed by atoms with van der Waals surface area (Å²) < 4.78 is 6.12. The number of hydrogen-bond acceptors (Lipinski definition) is 4. The van der Waals surface area contributed by atoms with Gasteiger partial charge in [0.2, 0.25) is 6.35 Å². The van der Waals surface area contributed by atoms with E-state index in [0.29, 0.717) is 6.10 Å². The average molecular weight is 233 g/mol. The Labute approximate surface area is 102 Å². The molecule has 1 saturated heterocycles. The molecule has 2 aliphatic rings. The number of ether oxygens (including phenoxy) is 1. The summed E-state index contributed by atoms with van der Waals surface area (Å²) in [5, 5.41) is 6.77. The molecule has 92 valence electrons. The Kier molecular flexibility index (Phi) is 2.91. The van der Waals surface area contributed by atoms with Crippen molar-refractivity contribution < 1.29 is 4.74 Å². The molecule has 0 spiro atoms. The lowest BCUT2D eigenvalue weighted by molar-refractivity contribution is -0.00887. The Morgan fingerprint density at radius 3 is 2.76 bits per heavy atom. The van der Waals surface area contributed by atoms with Crippen molar-refractivity contribution in [2.75, 3.05) is 30.4 Å². The fourth-order valence-electron chi connectivity index (χ4n) is 2.50. The average Bonchev–Trinajstić information content (AvgIpc) is 2.68. The molecule has 0 aromatic heterocycles. The molecule has 1 unspecified atom stereocenters. The normalized spacial score (nSPS) is 24.5. The number of anilines is 2. The van der Waals surface area contributed by atoms with Gasteiger partial charge in [0.15, 0.2) is 0 Å². The van der Waals surface area contributed by atoms with Crippen LogP contribution in [0.2, 0.25) is 0 Å². The van der Waals surface area contributed by atoms with Gasteiger partial charge in [0.05, 0.1) is 17.5 Å². The van der Waals surface area contributed by atoms with E-state index in [9.17, 15) is 0 Å². The molecule has 17 heavy (non-hydrogen) atoms. The minimum absolute atomic E-state index is 0.0181. The summed E-state index contributed by atoms with van der Waals surface area (Å²) >= 11 is 0. The van der Waals surface area contributed by atoms with Crippen molar-refractivity contribution in [3.63, 3.8) is 0 Å². The Morgan fingerprint density at radius 1 is 1.24 bits per heavy atom. The molecule has 1 aromatic carbocycles. The molecule has 0 aliphatic carbocycles. The lowest BCUT2D eigenvalue weighted by Crippen LogP contribution is -2.41. The number of fused-ring (bicyclic) bond motifs is 1. The Balaban J connectivity index is 1.67. The first-order chi connectivity index (χ1) is 8.34. The van der Waals surface area contributed by atoms with Gasteiger partial charge in [-0.3, -0.25) is 0 Å². The minimum Gasteiger partial charge on any atom is -0.341 e. The number of piperidine rings is 1. The van der Waals surface area contributed by atoms with Crippen LogP contribution in [0.15, 0.2) is 24.3 Å². The lowest BCUT2D eigenvalue weighted by Gasteiger charge is -2.29. The number of rotatable bonds is 2. The van der Waals surface area contributed by atoms with Crippen molar-refractivity contribution in [3.8, 4) is 0 Å². The summed E-state index contributed by atoms with van der Waals surface area (Å²) in [6.07, 6.45) is 2.55. The fraction of sp³-hybridized carbons (Fsp3) is 0.538. The SMILES string of the molecule is CN1c2ccccc2NC1OC1CCNCC1. The summed E-state index contributed by atoms with van der Waals surface area (Å²) in [5.41, 5.74) is 2.38. The maximum absolute atomic E-state index is 6.12. The van der Waals surface area contributed by atoms with E-state index in [1.165, 1.54) is 5.69 Å². The van der Waals surface area contributed by atoms with E-state index in [4.69, 9.17) is 4.74 Å². The van der Waals surface area contributed by atoms with Crippen LogP contribution in [-0.4, -0.2) is 32.6 Å². The number of nitrogens with zero attached hydrogens (tertiary/aromatic N) is 1. The first-order valence-electron chi connectivity index (χ1n) is 6.29. The molecule has 0 radical (unpaired) electrons. The van der Waals surface area contributed by atoms with Gasteiger partial charge in [-0.15, -0.1) is 0 Å². The number of para-hydroxylation sites is 2. The summed E-state index contributed by atoms with van der Waals surface area (Å²) in [4.78, 5) is 2.16. The van der Waals surface area contributed by atoms with Crippen LogP contribution in [0.25, 0.3) is 0 Å². The third kappa shape index (κ3) is 2.10. The van der Waals surface area contributed by atoms with Gasteiger partial charge < -0.3 is 20.3 Å². The molecule has 1 aromatic rings. The highest BCUT2D eigenvalue weighted by atomic mass is 16.5. The van der Waals surface area contributed by atoms with E-state index in [-0.39, 0.29) is 6.35 Å². The van der Waals surface area contributed by atoms with Crippen molar-refractivity contribution in [1.29, 1.82) is 0 Å². The van der Waals surface area contributed by atoms with Crippen LogP contribution in [0.5, 0.6) is 0 Å². The van der Waals surface area contributed by atoms with Crippen molar-refractivity contribution in [1.82, 2.24) is 5.32 Å². The van der Waals surface area contributed by atoms with Gasteiger partial charge in [0, 0.05) is 7.05 Å². The number of nitrogens with one attached hydrogen (secondary N) is 2. The van der Waals surface area contributed by atoms with Crippen LogP contribution in [0.1, 0.15) is 12.8 Å². The van der Waals surface area contributed by atoms with Gasteiger partial charge in [0.25, 0.3) is 0 Å². The summed E-state index contributed by atoms with van der Waals surface area (Å²) in [6, 6.07) is 8.32. The molecule has 0 saturated carbocycles. The highest BCUT2D eigenvalue weighted by Crippen LogP contribution is 2.33. The third-order valence-electron chi connectivity index (χ3n) is 3.52. The van der Waals surface area contributed by atoms with Crippen molar-refractivity contribution in [2.24, 2.45) is 0 Å². The van der Waals surface area contributed by atoms with Gasteiger partial charge in [-0.05, 0) is 38.1 Å². The Morgan fingerprint density at radius 2 is 2.00 bits per heavy atom. The summed E-state index contributed by atoms with van der Waals surface area (Å²) in [7, 11) is 2.07. The van der Waals surface area contributed by atoms with E-state index >= 15 is 0 Å². The molecular formula is C13H19N3O. The molecule has 2 heterocycles. The van der Waals surface area contributed by atoms with E-state index in [2.05, 4.69) is 40.8 Å². The summed E-state index contributed by atoms with van der Waals surface area (Å²) in [5.74, 6) is 0. The molecule has 1 fully saturated rings. The largest absolute Gasteiger partial charge is 0.341 e. The molecule has 1 atom stereocenters. The second-order valence-electron chi connectivity index (χ2n) is 4.71. The van der Waals surface area contributed by atoms with E-state index in [0.717, 1.165) is 31.6 Å². The highest BCUT2D eigenvalue weighted by Gasteiger charge is 2.28. The molecule has 3 rings (SSSR count). The standard InChI is InChI=1S/C13H19N3O/c1-16-12-5-3-2-4-11(12)15-13(16)17-10-6-8-14-9-7-10/h2-5,10,13-15H,6-9H2,1H3. The molecular weight excluding hydrogens is 214 g/mol. The Hall–Kier alpha value is -1.26. The van der Waals surface area contributed by atoms with Crippen molar-refractivity contribution in [2.45, 2.75) is 25.3 Å². The van der Waals surface area contributed by atoms with E-state index < -0.39 is 0 Å². The van der Waals surface area contributed by atoms with Gasteiger partial charge in [-0.2, -0.15) is 0 Å². The van der Waals surface area contributed by atoms with Crippen molar-refractivity contribution >= 4 is 11.4 Å². The van der Waals surface area contributed by atoms with E-state index in [1.807, 2.05) is 6.07 Å². The first-order valence-corrected chi connectivity index (χ1v) is 6.29. The first kappa shape index (κ1) is 10.9. The summed E-state index contributed by atoms with van der Waals surface area (Å²) in [6.45, 7) is 2.13. The van der Waals surface area contributed by atoms with Crippen LogP contribution >= 0.6 is 0 Å². The molecule has 4 heteroatoms. The van der Waals surface area contributed by atoms with Gasteiger partial charge in [-0.25, -0.2) is 0 Å². The number of benzene rings is 1. The van der Waals surface area contributed by atoms with Crippen LogP contribution in [0, 0.1) is 0 Å². The predicted octanol–water partition coefficient (Wildman–Crippen LogP) is 1.60. The van der Waals surface area contributed by atoms with Gasteiger partial charge in [0.1, 0.15) is 0 Å². The quantitative estimate of drug-likeness (QED) is 0.813.